The maximum Gasteiger partial charge on any atom is 0.573 e. The number of carboxylic acids is 1. The molecule has 0 spiro atoms. The number of hydrogen-bond donors (Lipinski definition) is 1. The van der Waals surface area contributed by atoms with Crippen molar-refractivity contribution < 1.29 is 27.8 Å². The van der Waals surface area contributed by atoms with Crippen molar-refractivity contribution >= 4 is 17.6 Å². The molecule has 5 nitrogen and oxygen atoms in total. The van der Waals surface area contributed by atoms with Gasteiger partial charge in [0.05, 0.1) is 10.7 Å². The summed E-state index contributed by atoms with van der Waals surface area (Å²) in [5.74, 6) is -2.31. The van der Waals surface area contributed by atoms with Gasteiger partial charge in [0.2, 0.25) is 5.82 Å². The number of nitrogens with zero attached hydrogens (tertiary/aromatic N) is 2. The first kappa shape index (κ1) is 15.0. The van der Waals surface area contributed by atoms with E-state index in [4.69, 9.17) is 16.7 Å². The summed E-state index contributed by atoms with van der Waals surface area (Å²) in [5.41, 5.74) is 0.544. The number of aromatic nitrogens is 2. The summed E-state index contributed by atoms with van der Waals surface area (Å²) in [4.78, 5) is 18.1. The van der Waals surface area contributed by atoms with E-state index in [-0.39, 0.29) is 10.7 Å². The summed E-state index contributed by atoms with van der Waals surface area (Å²) in [7, 11) is 0. The van der Waals surface area contributed by atoms with Crippen LogP contribution < -0.4 is 4.74 Å². The molecule has 0 amide bonds. The Hall–Kier alpha value is -2.35. The summed E-state index contributed by atoms with van der Waals surface area (Å²) in [5, 5.41) is 8.51. The topological polar surface area (TPSA) is 72.3 Å². The zero-order chi connectivity index (χ0) is 15.6. The van der Waals surface area contributed by atoms with Crippen LogP contribution >= 0.6 is 11.6 Å². The van der Waals surface area contributed by atoms with E-state index in [1.807, 2.05) is 0 Å². The van der Waals surface area contributed by atoms with E-state index in [1.54, 1.807) is 0 Å². The van der Waals surface area contributed by atoms with E-state index < -0.39 is 23.9 Å². The van der Waals surface area contributed by atoms with Crippen molar-refractivity contribution in [3.63, 3.8) is 0 Å². The van der Waals surface area contributed by atoms with Crippen LogP contribution in [0, 0.1) is 0 Å². The number of carbonyl (C=O) groups is 1. The average Bonchev–Trinajstić information content (AvgIpc) is 2.40. The Morgan fingerprint density at radius 1 is 1.29 bits per heavy atom. The number of rotatable bonds is 3. The number of carboxylic acid groups (broad SMARTS) is 1. The lowest BCUT2D eigenvalue weighted by Gasteiger charge is -2.11. The summed E-state index contributed by atoms with van der Waals surface area (Å²) in [6.07, 6.45) is -3.63. The van der Waals surface area contributed by atoms with Gasteiger partial charge < -0.3 is 9.84 Å². The Kier molecular flexibility index (Phi) is 3.99. The number of hydrogen-bond acceptors (Lipinski definition) is 4. The Balaban J connectivity index is 2.36. The van der Waals surface area contributed by atoms with Gasteiger partial charge in [-0.05, 0) is 24.3 Å². The van der Waals surface area contributed by atoms with Gasteiger partial charge in [-0.25, -0.2) is 14.8 Å². The molecule has 0 unspecified atom stereocenters. The molecule has 1 aromatic carbocycles. The van der Waals surface area contributed by atoms with Crippen LogP contribution in [0.25, 0.3) is 11.3 Å². The van der Waals surface area contributed by atoms with Gasteiger partial charge in [-0.1, -0.05) is 11.6 Å². The minimum atomic E-state index is -4.85. The van der Waals surface area contributed by atoms with Crippen LogP contribution in [-0.4, -0.2) is 27.4 Å². The predicted molar refractivity (Wildman–Crippen MR) is 66.1 cm³/mol. The Morgan fingerprint density at radius 3 is 2.57 bits per heavy atom. The van der Waals surface area contributed by atoms with Crippen molar-refractivity contribution in [2.24, 2.45) is 0 Å². The van der Waals surface area contributed by atoms with Crippen molar-refractivity contribution in [3.8, 4) is 17.0 Å². The van der Waals surface area contributed by atoms with Crippen molar-refractivity contribution in [2.45, 2.75) is 6.36 Å². The van der Waals surface area contributed by atoms with Gasteiger partial charge in [0.15, 0.2) is 0 Å². The van der Waals surface area contributed by atoms with Crippen molar-refractivity contribution in [2.75, 3.05) is 0 Å². The second-order valence-corrected chi connectivity index (χ2v) is 4.17. The molecule has 1 N–H and O–H groups in total. The Bertz CT molecular complexity index is 692. The highest BCUT2D eigenvalue weighted by Crippen LogP contribution is 2.33. The molecule has 0 aliphatic rings. The number of benzene rings is 1. The standard InChI is InChI=1S/C12H6ClF3N2O3/c13-7-5-6(1-2-9(7)21-12(14,15)16)8-3-4-17-10(18-8)11(19)20/h1-5H,(H,19,20). The van der Waals surface area contributed by atoms with Gasteiger partial charge in [0.1, 0.15) is 5.75 Å². The molecular formula is C12H6ClF3N2O3. The molecular weight excluding hydrogens is 313 g/mol. The SMILES string of the molecule is O=C(O)c1nccc(-c2ccc(OC(F)(F)F)c(Cl)c2)n1. The van der Waals surface area contributed by atoms with Crippen LogP contribution in [0.1, 0.15) is 10.6 Å². The normalized spacial score (nSPS) is 11.2. The van der Waals surface area contributed by atoms with Gasteiger partial charge in [0.25, 0.3) is 0 Å². The van der Waals surface area contributed by atoms with Gasteiger partial charge >= 0.3 is 12.3 Å². The first-order valence-electron chi connectivity index (χ1n) is 5.38. The molecule has 0 saturated heterocycles. The van der Waals surface area contributed by atoms with E-state index >= 15 is 0 Å². The fourth-order valence-electron chi connectivity index (χ4n) is 1.49. The molecule has 0 radical (unpaired) electrons. The molecule has 2 aromatic rings. The van der Waals surface area contributed by atoms with Gasteiger partial charge in [-0.2, -0.15) is 0 Å². The minimum absolute atomic E-state index is 0.211. The number of aromatic carboxylic acids is 1. The molecule has 0 bridgehead atoms. The van der Waals surface area contributed by atoms with Gasteiger partial charge in [-0.3, -0.25) is 0 Å². The lowest BCUT2D eigenvalue weighted by Crippen LogP contribution is -2.17. The molecule has 0 fully saturated rings. The molecule has 9 heteroatoms. The van der Waals surface area contributed by atoms with Crippen LogP contribution in [0.2, 0.25) is 5.02 Å². The fourth-order valence-corrected chi connectivity index (χ4v) is 1.71. The summed E-state index contributed by atoms with van der Waals surface area (Å²) in [6, 6.07) is 4.90. The molecule has 0 aliphatic heterocycles. The summed E-state index contributed by atoms with van der Waals surface area (Å²) >= 11 is 5.70. The van der Waals surface area contributed by atoms with E-state index in [0.717, 1.165) is 6.07 Å². The largest absolute Gasteiger partial charge is 0.573 e. The third-order valence-electron chi connectivity index (χ3n) is 2.30. The third kappa shape index (κ3) is 3.82. The zero-order valence-corrected chi connectivity index (χ0v) is 10.8. The molecule has 0 atom stereocenters. The minimum Gasteiger partial charge on any atom is -0.475 e. The molecule has 110 valence electrons. The highest BCUT2D eigenvalue weighted by Gasteiger charge is 2.32. The maximum absolute atomic E-state index is 12.1. The molecule has 21 heavy (non-hydrogen) atoms. The van der Waals surface area contributed by atoms with Crippen molar-refractivity contribution in [1.29, 1.82) is 0 Å². The van der Waals surface area contributed by atoms with E-state index in [2.05, 4.69) is 14.7 Å². The first-order chi connectivity index (χ1) is 9.76. The summed E-state index contributed by atoms with van der Waals surface area (Å²) in [6.45, 7) is 0. The van der Waals surface area contributed by atoms with Crippen LogP contribution in [0.4, 0.5) is 13.2 Å². The number of alkyl halides is 3. The second-order valence-electron chi connectivity index (χ2n) is 3.76. The number of halogens is 4. The third-order valence-corrected chi connectivity index (χ3v) is 2.60. The molecule has 2 rings (SSSR count). The lowest BCUT2D eigenvalue weighted by atomic mass is 10.1. The highest BCUT2D eigenvalue weighted by molar-refractivity contribution is 6.32. The van der Waals surface area contributed by atoms with Crippen molar-refractivity contribution in [3.05, 3.63) is 41.3 Å². The molecule has 0 saturated carbocycles. The Labute approximate surface area is 121 Å². The van der Waals surface area contributed by atoms with Crippen LogP contribution in [-0.2, 0) is 0 Å². The van der Waals surface area contributed by atoms with Gasteiger partial charge in [0, 0.05) is 11.8 Å². The number of ether oxygens (including phenoxy) is 1. The van der Waals surface area contributed by atoms with Crippen LogP contribution in [0.15, 0.2) is 30.5 Å². The fraction of sp³-hybridized carbons (Fsp3) is 0.0833. The van der Waals surface area contributed by atoms with E-state index in [0.29, 0.717) is 5.56 Å². The van der Waals surface area contributed by atoms with Crippen molar-refractivity contribution in [1.82, 2.24) is 9.97 Å². The predicted octanol–water partition coefficient (Wildman–Crippen LogP) is 3.39. The molecule has 1 heterocycles. The van der Waals surface area contributed by atoms with E-state index in [9.17, 15) is 18.0 Å². The quantitative estimate of drug-likeness (QED) is 0.939. The summed E-state index contributed by atoms with van der Waals surface area (Å²) < 4.78 is 40.1. The maximum atomic E-state index is 12.1. The Morgan fingerprint density at radius 2 is 2.00 bits per heavy atom. The first-order valence-corrected chi connectivity index (χ1v) is 5.76. The second kappa shape index (κ2) is 5.57. The zero-order valence-electron chi connectivity index (χ0n) is 10.1. The molecule has 1 aromatic heterocycles. The highest BCUT2D eigenvalue weighted by atomic mass is 35.5. The van der Waals surface area contributed by atoms with Crippen LogP contribution in [0.3, 0.4) is 0 Å². The van der Waals surface area contributed by atoms with Crippen LogP contribution in [0.5, 0.6) is 5.75 Å². The average molecular weight is 319 g/mol. The molecule has 0 aliphatic carbocycles. The van der Waals surface area contributed by atoms with Gasteiger partial charge in [-0.15, -0.1) is 13.2 Å². The smallest absolute Gasteiger partial charge is 0.475 e. The van der Waals surface area contributed by atoms with E-state index in [1.165, 1.54) is 24.4 Å². The lowest BCUT2D eigenvalue weighted by molar-refractivity contribution is -0.274. The monoisotopic (exact) mass is 318 g/mol.